The van der Waals surface area contributed by atoms with Crippen molar-refractivity contribution in [3.05, 3.63) is 53.0 Å². The molecule has 25 heavy (non-hydrogen) atoms. The summed E-state index contributed by atoms with van der Waals surface area (Å²) in [5, 5.41) is 2.66. The van der Waals surface area contributed by atoms with Crippen molar-refractivity contribution in [3.63, 3.8) is 0 Å². The summed E-state index contributed by atoms with van der Waals surface area (Å²) in [4.78, 5) is 12.2. The zero-order valence-corrected chi connectivity index (χ0v) is 16.3. The van der Waals surface area contributed by atoms with Crippen LogP contribution in [0.25, 0.3) is 0 Å². The van der Waals surface area contributed by atoms with Crippen LogP contribution in [0.2, 0.25) is 0 Å². The Kier molecular flexibility index (Phi) is 6.57. The number of halogens is 1. The van der Waals surface area contributed by atoms with Gasteiger partial charge in [-0.15, -0.1) is 0 Å². The Hall–Kier alpha value is -1.90. The molecule has 0 spiro atoms. The van der Waals surface area contributed by atoms with Crippen LogP contribution in [0.15, 0.2) is 57.9 Å². The molecule has 8 heteroatoms. The molecule has 134 valence electrons. The van der Waals surface area contributed by atoms with Gasteiger partial charge in [0.1, 0.15) is 5.75 Å². The number of anilines is 1. The van der Waals surface area contributed by atoms with Crippen molar-refractivity contribution in [2.45, 2.75) is 11.8 Å². The van der Waals surface area contributed by atoms with Crippen molar-refractivity contribution in [1.29, 1.82) is 0 Å². The van der Waals surface area contributed by atoms with E-state index in [1.54, 1.807) is 36.4 Å². The van der Waals surface area contributed by atoms with Gasteiger partial charge < -0.3 is 10.1 Å². The molecule has 0 saturated heterocycles. The SMILES string of the molecule is CCOc1ccc(S(=O)(=O)N(C)CC(=O)Nc2ccc(Br)cc2)cc1. The molecule has 2 aromatic rings. The second-order valence-corrected chi connectivity index (χ2v) is 8.18. The summed E-state index contributed by atoms with van der Waals surface area (Å²) >= 11 is 3.31. The molecule has 0 aromatic heterocycles. The Balaban J connectivity index is 2.03. The lowest BCUT2D eigenvalue weighted by Crippen LogP contribution is -2.34. The molecule has 1 N–H and O–H groups in total. The van der Waals surface area contributed by atoms with Crippen LogP contribution in [0.5, 0.6) is 5.75 Å². The fourth-order valence-electron chi connectivity index (χ4n) is 2.08. The Bertz CT molecular complexity index is 821. The van der Waals surface area contributed by atoms with Crippen molar-refractivity contribution in [2.75, 3.05) is 25.5 Å². The van der Waals surface area contributed by atoms with E-state index in [9.17, 15) is 13.2 Å². The van der Waals surface area contributed by atoms with Crippen LogP contribution < -0.4 is 10.1 Å². The molecule has 0 saturated carbocycles. The van der Waals surface area contributed by atoms with Crippen molar-refractivity contribution in [2.24, 2.45) is 0 Å². The highest BCUT2D eigenvalue weighted by Crippen LogP contribution is 2.19. The highest BCUT2D eigenvalue weighted by Gasteiger charge is 2.23. The Labute approximate surface area is 156 Å². The van der Waals surface area contributed by atoms with Gasteiger partial charge in [0.15, 0.2) is 0 Å². The normalized spacial score (nSPS) is 11.4. The van der Waals surface area contributed by atoms with Crippen molar-refractivity contribution < 1.29 is 17.9 Å². The first-order valence-corrected chi connectivity index (χ1v) is 9.81. The van der Waals surface area contributed by atoms with Gasteiger partial charge in [0.25, 0.3) is 0 Å². The molecule has 1 amide bonds. The first kappa shape index (κ1) is 19.4. The van der Waals surface area contributed by atoms with E-state index in [0.29, 0.717) is 18.0 Å². The van der Waals surface area contributed by atoms with Gasteiger partial charge in [-0.05, 0) is 55.5 Å². The molecule has 0 aliphatic rings. The largest absolute Gasteiger partial charge is 0.494 e. The number of likely N-dealkylation sites (N-methyl/N-ethyl adjacent to an activating group) is 1. The molecule has 0 unspecified atom stereocenters. The number of benzene rings is 2. The molecule has 0 fully saturated rings. The smallest absolute Gasteiger partial charge is 0.243 e. The molecule has 0 aliphatic carbocycles. The second kappa shape index (κ2) is 8.46. The molecule has 0 atom stereocenters. The third-order valence-electron chi connectivity index (χ3n) is 3.34. The summed E-state index contributed by atoms with van der Waals surface area (Å²) in [5.74, 6) is 0.177. The maximum absolute atomic E-state index is 12.5. The third kappa shape index (κ3) is 5.29. The van der Waals surface area contributed by atoms with Gasteiger partial charge in [0.2, 0.25) is 15.9 Å². The van der Waals surface area contributed by atoms with Gasteiger partial charge in [0.05, 0.1) is 18.0 Å². The fourth-order valence-corrected chi connectivity index (χ4v) is 3.47. The van der Waals surface area contributed by atoms with E-state index < -0.39 is 15.9 Å². The molecule has 2 aromatic carbocycles. The average Bonchev–Trinajstić information content (AvgIpc) is 2.57. The summed E-state index contributed by atoms with van der Waals surface area (Å²) < 4.78 is 32.3. The van der Waals surface area contributed by atoms with E-state index in [1.807, 2.05) is 6.92 Å². The van der Waals surface area contributed by atoms with Crippen LogP contribution >= 0.6 is 15.9 Å². The maximum Gasteiger partial charge on any atom is 0.243 e. The Morgan fingerprint density at radius 2 is 1.72 bits per heavy atom. The zero-order valence-electron chi connectivity index (χ0n) is 13.9. The second-order valence-electron chi connectivity index (χ2n) is 5.22. The topological polar surface area (TPSA) is 75.7 Å². The number of hydrogen-bond donors (Lipinski definition) is 1. The minimum absolute atomic E-state index is 0.106. The first-order chi connectivity index (χ1) is 11.8. The number of amides is 1. The summed E-state index contributed by atoms with van der Waals surface area (Å²) in [7, 11) is -2.39. The van der Waals surface area contributed by atoms with Crippen molar-refractivity contribution >= 4 is 37.5 Å². The van der Waals surface area contributed by atoms with Crippen molar-refractivity contribution in [3.8, 4) is 5.75 Å². The molecular weight excluding hydrogens is 408 g/mol. The number of rotatable bonds is 7. The van der Waals surface area contributed by atoms with Gasteiger partial charge >= 0.3 is 0 Å². The van der Waals surface area contributed by atoms with Crippen LogP contribution in [0.1, 0.15) is 6.92 Å². The number of nitrogens with zero attached hydrogens (tertiary/aromatic N) is 1. The monoisotopic (exact) mass is 426 g/mol. The molecule has 0 aliphatic heterocycles. The molecule has 0 radical (unpaired) electrons. The number of sulfonamides is 1. The molecule has 0 bridgehead atoms. The highest BCUT2D eigenvalue weighted by atomic mass is 79.9. The summed E-state index contributed by atoms with van der Waals surface area (Å²) in [5.41, 5.74) is 0.597. The standard InChI is InChI=1S/C17H19BrN2O4S/c1-3-24-15-8-10-16(11-9-15)25(22,23)20(2)12-17(21)19-14-6-4-13(18)5-7-14/h4-11H,3,12H2,1-2H3,(H,19,21). The van der Waals surface area contributed by atoms with Gasteiger partial charge in [-0.3, -0.25) is 4.79 Å². The van der Waals surface area contributed by atoms with E-state index in [-0.39, 0.29) is 11.4 Å². The number of carbonyl (C=O) groups excluding carboxylic acids is 1. The van der Waals surface area contributed by atoms with Gasteiger partial charge in [-0.1, -0.05) is 15.9 Å². The van der Waals surface area contributed by atoms with Crippen molar-refractivity contribution in [1.82, 2.24) is 4.31 Å². The van der Waals surface area contributed by atoms with E-state index in [1.165, 1.54) is 19.2 Å². The molecule has 0 heterocycles. The van der Waals surface area contributed by atoms with Gasteiger partial charge in [0, 0.05) is 17.2 Å². The fraction of sp³-hybridized carbons (Fsp3) is 0.235. The van der Waals surface area contributed by atoms with E-state index in [0.717, 1.165) is 8.78 Å². The molecular formula is C17H19BrN2O4S. The third-order valence-corrected chi connectivity index (χ3v) is 5.68. The van der Waals surface area contributed by atoms with Crippen LogP contribution in [-0.2, 0) is 14.8 Å². The van der Waals surface area contributed by atoms with E-state index in [2.05, 4.69) is 21.2 Å². The number of hydrogen-bond acceptors (Lipinski definition) is 4. The van der Waals surface area contributed by atoms with E-state index in [4.69, 9.17) is 4.74 Å². The predicted molar refractivity (Wildman–Crippen MR) is 100 cm³/mol. The summed E-state index contributed by atoms with van der Waals surface area (Å²) in [6, 6.07) is 13.1. The minimum Gasteiger partial charge on any atom is -0.494 e. The number of carbonyl (C=O) groups is 1. The van der Waals surface area contributed by atoms with E-state index >= 15 is 0 Å². The van der Waals surface area contributed by atoms with Crippen LogP contribution in [0, 0.1) is 0 Å². The van der Waals surface area contributed by atoms with Gasteiger partial charge in [-0.25, -0.2) is 8.42 Å². The summed E-state index contributed by atoms with van der Waals surface area (Å²) in [6.45, 7) is 2.07. The van der Waals surface area contributed by atoms with Crippen LogP contribution in [0.4, 0.5) is 5.69 Å². The number of ether oxygens (including phenoxy) is 1. The lowest BCUT2D eigenvalue weighted by atomic mass is 10.3. The van der Waals surface area contributed by atoms with Crippen LogP contribution in [0.3, 0.4) is 0 Å². The van der Waals surface area contributed by atoms with Gasteiger partial charge in [-0.2, -0.15) is 4.31 Å². The maximum atomic E-state index is 12.5. The van der Waals surface area contributed by atoms with Crippen LogP contribution in [-0.4, -0.2) is 38.8 Å². The Morgan fingerprint density at radius 3 is 2.28 bits per heavy atom. The lowest BCUT2D eigenvalue weighted by molar-refractivity contribution is -0.116. The predicted octanol–water partition coefficient (Wildman–Crippen LogP) is 3.11. The minimum atomic E-state index is -3.76. The quantitative estimate of drug-likeness (QED) is 0.737. The zero-order chi connectivity index (χ0) is 18.4. The number of nitrogens with one attached hydrogen (secondary N) is 1. The Morgan fingerprint density at radius 1 is 1.12 bits per heavy atom. The highest BCUT2D eigenvalue weighted by molar-refractivity contribution is 9.10. The summed E-state index contributed by atoms with van der Waals surface area (Å²) in [6.07, 6.45) is 0. The molecule has 2 rings (SSSR count). The first-order valence-electron chi connectivity index (χ1n) is 7.57. The lowest BCUT2D eigenvalue weighted by Gasteiger charge is -2.17. The molecule has 6 nitrogen and oxygen atoms in total. The average molecular weight is 427 g/mol.